The summed E-state index contributed by atoms with van der Waals surface area (Å²) in [6, 6.07) is 0. The van der Waals surface area contributed by atoms with E-state index < -0.39 is 6.10 Å². The molecule has 0 aromatic rings. The van der Waals surface area contributed by atoms with E-state index in [0.29, 0.717) is 13.2 Å². The molecule has 0 unspecified atom stereocenters. The molecule has 0 fully saturated rings. The third-order valence-corrected chi connectivity index (χ3v) is 2.19. The molecule has 0 aliphatic heterocycles. The van der Waals surface area contributed by atoms with E-state index >= 15 is 0 Å². The zero-order chi connectivity index (χ0) is 11.0. The Hall–Kier alpha value is 0.0569. The fourth-order valence-corrected chi connectivity index (χ4v) is 1.57. The van der Waals surface area contributed by atoms with Crippen LogP contribution in [0.15, 0.2) is 0 Å². The summed E-state index contributed by atoms with van der Waals surface area (Å²) >= 11 is 0. The average Bonchev–Trinajstić information content (AvgIpc) is 2.20. The lowest BCUT2D eigenvalue weighted by Gasteiger charge is -2.39. The number of nitrogens with zero attached hydrogens (tertiary/aromatic N) is 1. The lowest BCUT2D eigenvalue weighted by Crippen LogP contribution is -2.54. The van der Waals surface area contributed by atoms with Crippen LogP contribution in [0.1, 0.15) is 27.7 Å². The van der Waals surface area contributed by atoms with Gasteiger partial charge in [0.2, 0.25) is 0 Å². The molecule has 0 atom stereocenters. The minimum Gasteiger partial charge on any atom is -0.358 e. The van der Waals surface area contributed by atoms with Crippen LogP contribution < -0.4 is 0 Å². The van der Waals surface area contributed by atoms with Gasteiger partial charge in [-0.2, -0.15) is 0 Å². The molecule has 3 radical (unpaired) electrons. The summed E-state index contributed by atoms with van der Waals surface area (Å²) in [5, 5.41) is 0. The van der Waals surface area contributed by atoms with E-state index in [2.05, 4.69) is 10.5 Å². The lowest BCUT2D eigenvalue weighted by atomic mass is 10.5. The van der Waals surface area contributed by atoms with Crippen LogP contribution in [0, 0.1) is 0 Å². The second kappa shape index (κ2) is 7.36. The van der Waals surface area contributed by atoms with Gasteiger partial charge in [0.25, 0.3) is 10.5 Å². The predicted octanol–water partition coefficient (Wildman–Crippen LogP) is 1.11. The monoisotopic (exact) mass is 218 g/mol. The van der Waals surface area contributed by atoms with E-state index in [9.17, 15) is 0 Å². The van der Waals surface area contributed by atoms with Crippen molar-refractivity contribution in [2.24, 2.45) is 0 Å². The Morgan fingerprint density at radius 2 is 1.43 bits per heavy atom. The third-order valence-electron chi connectivity index (χ3n) is 1.93. The van der Waals surface area contributed by atoms with Crippen LogP contribution in [0.2, 0.25) is 0 Å². The second-order valence-corrected chi connectivity index (χ2v) is 2.87. The van der Waals surface area contributed by atoms with E-state index in [4.69, 9.17) is 13.9 Å². The maximum absolute atomic E-state index is 5.50. The Bertz CT molecular complexity index is 136. The first-order valence-electron chi connectivity index (χ1n) is 5.08. The molecule has 83 valence electrons. The molecule has 4 nitrogen and oxygen atoms in total. The minimum atomic E-state index is -1.09. The first-order valence-corrected chi connectivity index (χ1v) is 5.49. The predicted molar refractivity (Wildman–Crippen MR) is 55.7 cm³/mol. The van der Waals surface area contributed by atoms with Gasteiger partial charge in [0.1, 0.15) is 0 Å². The first kappa shape index (κ1) is 14.1. The maximum Gasteiger partial charge on any atom is 0.343 e. The largest absolute Gasteiger partial charge is 0.358 e. The van der Waals surface area contributed by atoms with Crippen molar-refractivity contribution in [3.63, 3.8) is 0 Å². The Labute approximate surface area is 90.1 Å². The third kappa shape index (κ3) is 3.32. The van der Waals surface area contributed by atoms with Crippen molar-refractivity contribution in [3.05, 3.63) is 0 Å². The van der Waals surface area contributed by atoms with Gasteiger partial charge in [-0.3, -0.25) is 0 Å². The fraction of sp³-hybridized carbons (Fsp3) is 1.00. The molecule has 0 spiro atoms. The van der Waals surface area contributed by atoms with Gasteiger partial charge < -0.3 is 13.9 Å². The van der Waals surface area contributed by atoms with Crippen molar-refractivity contribution in [1.82, 2.24) is 4.90 Å². The van der Waals surface area contributed by atoms with Gasteiger partial charge in [0.15, 0.2) is 0 Å². The van der Waals surface area contributed by atoms with Gasteiger partial charge >= 0.3 is 6.10 Å². The van der Waals surface area contributed by atoms with Gasteiger partial charge in [0.05, 0.1) is 13.2 Å². The van der Waals surface area contributed by atoms with Gasteiger partial charge in [-0.15, -0.1) is 0 Å². The van der Waals surface area contributed by atoms with Crippen LogP contribution in [0.3, 0.4) is 0 Å². The van der Waals surface area contributed by atoms with Crippen molar-refractivity contribution < 1.29 is 13.9 Å². The van der Waals surface area contributed by atoms with Crippen LogP contribution in [-0.4, -0.2) is 47.8 Å². The quantitative estimate of drug-likeness (QED) is 0.451. The Balaban J connectivity index is 4.59. The highest BCUT2D eigenvalue weighted by Gasteiger charge is 2.37. The van der Waals surface area contributed by atoms with Crippen LogP contribution in [0.25, 0.3) is 0 Å². The fourth-order valence-electron chi connectivity index (χ4n) is 1.32. The highest BCUT2D eigenvalue weighted by molar-refractivity contribution is 5.98. The van der Waals surface area contributed by atoms with Crippen molar-refractivity contribution in [2.75, 3.05) is 26.3 Å². The normalized spacial score (nSPS) is 12.4. The lowest BCUT2D eigenvalue weighted by molar-refractivity contribution is -0.412. The highest BCUT2D eigenvalue weighted by Crippen LogP contribution is 2.19. The summed E-state index contributed by atoms with van der Waals surface area (Å²) in [4.78, 5) is 1.95. The van der Waals surface area contributed by atoms with Gasteiger partial charge in [0, 0.05) is 13.1 Å². The zero-order valence-electron chi connectivity index (χ0n) is 9.50. The number of hydrogen-bond acceptors (Lipinski definition) is 4. The summed E-state index contributed by atoms with van der Waals surface area (Å²) in [5.41, 5.74) is 0. The van der Waals surface area contributed by atoms with Crippen molar-refractivity contribution in [1.29, 1.82) is 0 Å². The standard InChI is InChI=1S/C9H20NO3Si/c1-5-10(6-2)9(13-14,11-7-3)12-8-4/h5-8H2,1-4H3. The average molecular weight is 218 g/mol. The molecule has 0 aliphatic rings. The molecule has 0 aromatic heterocycles. The molecule has 0 aliphatic carbocycles. The van der Waals surface area contributed by atoms with Crippen molar-refractivity contribution >= 4 is 10.5 Å². The summed E-state index contributed by atoms with van der Waals surface area (Å²) in [6.07, 6.45) is -1.09. The van der Waals surface area contributed by atoms with Crippen LogP contribution in [0.5, 0.6) is 0 Å². The molecule has 0 N–H and O–H groups in total. The molecule has 0 bridgehead atoms. The molecule has 0 saturated heterocycles. The highest BCUT2D eigenvalue weighted by atomic mass is 28.2. The Morgan fingerprint density at radius 3 is 1.64 bits per heavy atom. The number of hydrogen-bond donors (Lipinski definition) is 0. The minimum absolute atomic E-state index is 0.529. The number of rotatable bonds is 8. The van der Waals surface area contributed by atoms with E-state index in [-0.39, 0.29) is 0 Å². The zero-order valence-corrected chi connectivity index (χ0v) is 10.5. The van der Waals surface area contributed by atoms with Gasteiger partial charge in [-0.05, 0) is 13.8 Å². The molecule has 14 heavy (non-hydrogen) atoms. The van der Waals surface area contributed by atoms with Gasteiger partial charge in [-0.1, -0.05) is 13.8 Å². The van der Waals surface area contributed by atoms with Crippen LogP contribution >= 0.6 is 0 Å². The Kier molecular flexibility index (Phi) is 7.39. The van der Waals surface area contributed by atoms with E-state index in [1.54, 1.807) is 0 Å². The van der Waals surface area contributed by atoms with E-state index in [1.807, 2.05) is 32.6 Å². The van der Waals surface area contributed by atoms with E-state index in [1.165, 1.54) is 0 Å². The Morgan fingerprint density at radius 1 is 1.00 bits per heavy atom. The van der Waals surface area contributed by atoms with Crippen molar-refractivity contribution in [3.8, 4) is 0 Å². The molecule has 0 saturated carbocycles. The van der Waals surface area contributed by atoms with Crippen molar-refractivity contribution in [2.45, 2.75) is 33.8 Å². The molecular weight excluding hydrogens is 198 g/mol. The SMILES string of the molecule is CCOC(O[Si])(OCC)N(CC)CC. The second-order valence-electron chi connectivity index (χ2n) is 2.66. The molecule has 0 heterocycles. The van der Waals surface area contributed by atoms with Gasteiger partial charge in [-0.25, -0.2) is 4.90 Å². The molecule has 0 rings (SSSR count). The first-order chi connectivity index (χ1) is 6.70. The number of ether oxygens (including phenoxy) is 2. The molecule has 5 heteroatoms. The summed E-state index contributed by atoms with van der Waals surface area (Å²) in [6.45, 7) is 10.5. The summed E-state index contributed by atoms with van der Waals surface area (Å²) in [5.74, 6) is 0. The van der Waals surface area contributed by atoms with E-state index in [0.717, 1.165) is 13.1 Å². The van der Waals surface area contributed by atoms with Crippen LogP contribution in [0.4, 0.5) is 0 Å². The summed E-state index contributed by atoms with van der Waals surface area (Å²) in [7, 11) is 3.02. The molecular formula is C9H20NO3Si. The maximum atomic E-state index is 5.50. The topological polar surface area (TPSA) is 30.9 Å². The summed E-state index contributed by atoms with van der Waals surface area (Å²) < 4.78 is 16.1. The smallest absolute Gasteiger partial charge is 0.343 e. The van der Waals surface area contributed by atoms with Crippen LogP contribution in [-0.2, 0) is 13.9 Å². The molecule has 0 amide bonds. The molecule has 0 aromatic carbocycles.